The molecule has 3 heteroatoms. The van der Waals surface area contributed by atoms with Crippen molar-refractivity contribution in [2.75, 3.05) is 0 Å². The van der Waals surface area contributed by atoms with Crippen LogP contribution in [0, 0.1) is 0 Å². The van der Waals surface area contributed by atoms with Gasteiger partial charge in [0.2, 0.25) is 0 Å². The van der Waals surface area contributed by atoms with Crippen molar-refractivity contribution in [2.45, 2.75) is 10.0 Å². The molecule has 1 unspecified atom stereocenters. The Kier molecular flexibility index (Phi) is 5.60. The summed E-state index contributed by atoms with van der Waals surface area (Å²) >= 11 is 1.57. The van der Waals surface area contributed by atoms with E-state index in [2.05, 4.69) is 85.0 Å². The first-order valence-electron chi connectivity index (χ1n) is 9.47. The molecule has 0 nitrogen and oxygen atoms in total. The summed E-state index contributed by atoms with van der Waals surface area (Å²) in [5.74, 6) is 0. The molecule has 29 heavy (non-hydrogen) atoms. The van der Waals surface area contributed by atoms with Crippen molar-refractivity contribution < 1.29 is 49.5 Å². The fraction of sp³-hybridized carbons (Fsp3) is 0.0769. The number of fused-ring (bicyclic) bond motifs is 6. The van der Waals surface area contributed by atoms with Gasteiger partial charge in [0, 0.05) is 0 Å². The number of rotatable bonds is 1. The molecule has 3 aromatic rings. The Labute approximate surface area is 198 Å². The fourth-order valence-corrected chi connectivity index (χ4v) is 5.99. The van der Waals surface area contributed by atoms with Crippen LogP contribution in [-0.2, 0) is 31.1 Å². The van der Waals surface area contributed by atoms with Gasteiger partial charge in [-0.05, 0) is 0 Å². The van der Waals surface area contributed by atoms with Crippen molar-refractivity contribution in [3.05, 3.63) is 118 Å². The van der Waals surface area contributed by atoms with Gasteiger partial charge in [-0.25, -0.2) is 0 Å². The predicted octanol–water partition coefficient (Wildman–Crippen LogP) is 0.339. The summed E-state index contributed by atoms with van der Waals surface area (Å²) in [6, 6.07) is 22.2. The Hall–Kier alpha value is -1.66. The fourth-order valence-electron chi connectivity index (χ4n) is 4.75. The normalized spacial score (nSPS) is 18.3. The number of benzene rings is 3. The zero-order valence-corrected chi connectivity index (χ0v) is 19.6. The molecule has 0 heterocycles. The van der Waals surface area contributed by atoms with E-state index in [4.69, 9.17) is 0 Å². The predicted molar refractivity (Wildman–Crippen MR) is 109 cm³/mol. The Morgan fingerprint density at radius 3 is 2.38 bits per heavy atom. The molecule has 0 radical (unpaired) electrons. The molecule has 0 fully saturated rings. The van der Waals surface area contributed by atoms with Gasteiger partial charge in [-0.15, -0.1) is 0 Å². The Bertz CT molecular complexity index is 1260. The third-order valence-corrected chi connectivity index (χ3v) is 7.58. The van der Waals surface area contributed by atoms with Gasteiger partial charge in [-0.3, -0.25) is 0 Å². The molecule has 1 atom stereocenters. The van der Waals surface area contributed by atoms with Crippen molar-refractivity contribution in [1.29, 1.82) is 0 Å². The second-order valence-corrected chi connectivity index (χ2v) is 8.88. The monoisotopic (exact) mass is 489 g/mol. The van der Waals surface area contributed by atoms with Crippen molar-refractivity contribution in [1.82, 2.24) is 0 Å². The van der Waals surface area contributed by atoms with Gasteiger partial charge in [0.25, 0.3) is 0 Å². The SMILES string of the molecule is [Cl-].[Cl-].[Zr+2][CH]1C(C2=CC=C3C2=CCc2ccc4ccccc4c23)=Cc2ccccc21. The van der Waals surface area contributed by atoms with Gasteiger partial charge in [-0.2, -0.15) is 0 Å². The first-order chi connectivity index (χ1) is 13.3. The van der Waals surface area contributed by atoms with Crippen LogP contribution in [0.15, 0.2) is 95.6 Å². The molecule has 0 spiro atoms. The van der Waals surface area contributed by atoms with E-state index >= 15 is 0 Å². The van der Waals surface area contributed by atoms with Crippen LogP contribution in [0.3, 0.4) is 0 Å². The molecule has 0 amide bonds. The van der Waals surface area contributed by atoms with Crippen molar-refractivity contribution >= 4 is 22.4 Å². The Balaban J connectivity index is 0.00000102. The topological polar surface area (TPSA) is 0 Å². The van der Waals surface area contributed by atoms with Crippen LogP contribution < -0.4 is 24.8 Å². The minimum atomic E-state index is 0. The van der Waals surface area contributed by atoms with Crippen LogP contribution in [0.4, 0.5) is 0 Å². The Morgan fingerprint density at radius 2 is 1.52 bits per heavy atom. The van der Waals surface area contributed by atoms with Crippen LogP contribution in [0.1, 0.15) is 25.9 Å². The molecular weight excluding hydrogens is 474 g/mol. The molecule has 0 N–H and O–H groups in total. The third kappa shape index (κ3) is 3.07. The molecule has 6 rings (SSSR count). The molecule has 0 saturated carbocycles. The molecular formula is C26H17Cl2Zr. The Morgan fingerprint density at radius 1 is 0.759 bits per heavy atom. The average molecular weight is 492 g/mol. The number of allylic oxidation sites excluding steroid dienone is 7. The average Bonchev–Trinajstić information content (AvgIpc) is 3.29. The second-order valence-electron chi connectivity index (χ2n) is 7.47. The van der Waals surface area contributed by atoms with Gasteiger partial charge in [0.15, 0.2) is 0 Å². The third-order valence-electron chi connectivity index (χ3n) is 6.05. The molecule has 0 aromatic heterocycles. The molecule has 139 valence electrons. The zero-order chi connectivity index (χ0) is 18.0. The summed E-state index contributed by atoms with van der Waals surface area (Å²) in [5, 5.41) is 2.71. The van der Waals surface area contributed by atoms with E-state index in [9.17, 15) is 0 Å². The van der Waals surface area contributed by atoms with Crippen LogP contribution in [-0.4, -0.2) is 0 Å². The molecule has 3 aliphatic carbocycles. The summed E-state index contributed by atoms with van der Waals surface area (Å²) in [6.07, 6.45) is 10.6. The van der Waals surface area contributed by atoms with Crippen molar-refractivity contribution in [3.8, 4) is 0 Å². The van der Waals surface area contributed by atoms with E-state index in [0.29, 0.717) is 3.63 Å². The van der Waals surface area contributed by atoms with Crippen LogP contribution in [0.2, 0.25) is 0 Å². The van der Waals surface area contributed by atoms with Crippen LogP contribution >= 0.6 is 0 Å². The van der Waals surface area contributed by atoms with E-state index < -0.39 is 0 Å². The van der Waals surface area contributed by atoms with Crippen LogP contribution in [0.5, 0.6) is 0 Å². The first-order valence-corrected chi connectivity index (χ1v) is 10.9. The van der Waals surface area contributed by atoms with Gasteiger partial charge < -0.3 is 24.8 Å². The van der Waals surface area contributed by atoms with E-state index in [0.717, 1.165) is 6.42 Å². The number of hydrogen-bond donors (Lipinski definition) is 0. The maximum absolute atomic E-state index is 2.44. The van der Waals surface area contributed by atoms with E-state index in [1.807, 2.05) is 0 Å². The molecule has 0 aliphatic heterocycles. The summed E-state index contributed by atoms with van der Waals surface area (Å²) in [5.41, 5.74) is 11.5. The molecule has 3 aliphatic rings. The van der Waals surface area contributed by atoms with Gasteiger partial charge in [0.1, 0.15) is 0 Å². The summed E-state index contributed by atoms with van der Waals surface area (Å²) < 4.78 is 0.544. The maximum atomic E-state index is 2.44. The minimum absolute atomic E-state index is 0. The van der Waals surface area contributed by atoms with Crippen LogP contribution in [0.25, 0.3) is 22.4 Å². The van der Waals surface area contributed by atoms with E-state index in [-0.39, 0.29) is 24.8 Å². The van der Waals surface area contributed by atoms with Gasteiger partial charge >= 0.3 is 175 Å². The van der Waals surface area contributed by atoms with Gasteiger partial charge in [-0.1, -0.05) is 0 Å². The summed E-state index contributed by atoms with van der Waals surface area (Å²) in [7, 11) is 0. The van der Waals surface area contributed by atoms with Gasteiger partial charge in [0.05, 0.1) is 0 Å². The number of halogens is 2. The first kappa shape index (κ1) is 20.6. The van der Waals surface area contributed by atoms with E-state index in [1.54, 1.807) is 24.7 Å². The van der Waals surface area contributed by atoms with E-state index in [1.165, 1.54) is 55.3 Å². The quantitative estimate of drug-likeness (QED) is 0.461. The summed E-state index contributed by atoms with van der Waals surface area (Å²) in [4.78, 5) is 0. The molecule has 0 bridgehead atoms. The van der Waals surface area contributed by atoms with Crippen molar-refractivity contribution in [2.24, 2.45) is 0 Å². The number of hydrogen-bond acceptors (Lipinski definition) is 0. The summed E-state index contributed by atoms with van der Waals surface area (Å²) in [6.45, 7) is 0. The molecule has 3 aromatic carbocycles. The molecule has 0 saturated heterocycles. The zero-order valence-electron chi connectivity index (χ0n) is 15.6. The standard InChI is InChI=1S/C26H17.2ClH.Zr/c1-2-7-20-16-21(15-19(20)6-1)22-13-14-25-24(22)12-11-18-10-9-17-5-3-4-8-23(17)26(18)25;;;/h1-10,12-16H,11H2;2*1H;/q;;;+2/p-2. The second kappa shape index (κ2) is 7.88. The van der Waals surface area contributed by atoms with Crippen molar-refractivity contribution in [3.63, 3.8) is 0 Å².